The number of carbonyl (C=O) groups is 2. The van der Waals surface area contributed by atoms with E-state index in [-0.39, 0.29) is 5.78 Å². The molecule has 0 saturated carbocycles. The lowest BCUT2D eigenvalue weighted by atomic mass is 10.0. The summed E-state index contributed by atoms with van der Waals surface area (Å²) in [6.07, 6.45) is 3.26. The molecule has 3 rings (SSSR count). The Morgan fingerprint density at radius 3 is 2.15 bits per heavy atom. The van der Waals surface area contributed by atoms with Gasteiger partial charge in [0.15, 0.2) is 11.4 Å². The van der Waals surface area contributed by atoms with Crippen LogP contribution in [0.4, 0.5) is 0 Å². The molecule has 0 aliphatic heterocycles. The Labute approximate surface area is 195 Å². The van der Waals surface area contributed by atoms with Crippen LogP contribution in [0, 0.1) is 20.8 Å². The molecule has 0 aliphatic rings. The van der Waals surface area contributed by atoms with Gasteiger partial charge in [-0.3, -0.25) is 4.79 Å². The van der Waals surface area contributed by atoms with Crippen LogP contribution in [0.1, 0.15) is 67.4 Å². The predicted molar refractivity (Wildman–Crippen MR) is 131 cm³/mol. The van der Waals surface area contributed by atoms with E-state index in [2.05, 4.69) is 0 Å². The molecule has 3 aromatic rings. The fourth-order valence-electron chi connectivity index (χ4n) is 3.45. The van der Waals surface area contributed by atoms with Gasteiger partial charge in [0.1, 0.15) is 16.9 Å². The van der Waals surface area contributed by atoms with Crippen molar-refractivity contribution in [3.8, 4) is 5.75 Å². The van der Waals surface area contributed by atoms with E-state index in [4.69, 9.17) is 13.9 Å². The number of benzene rings is 2. The van der Waals surface area contributed by atoms with Crippen LogP contribution in [0.3, 0.4) is 0 Å². The molecule has 5 heteroatoms. The highest BCUT2D eigenvalue weighted by atomic mass is 16.6. The summed E-state index contributed by atoms with van der Waals surface area (Å²) < 4.78 is 17.3. The van der Waals surface area contributed by atoms with Crippen molar-refractivity contribution in [2.45, 2.75) is 66.6 Å². The van der Waals surface area contributed by atoms with Gasteiger partial charge >= 0.3 is 5.97 Å². The van der Waals surface area contributed by atoms with Crippen molar-refractivity contribution in [3.63, 3.8) is 0 Å². The molecule has 174 valence electrons. The first-order valence-electron chi connectivity index (χ1n) is 11.0. The van der Waals surface area contributed by atoms with Crippen LogP contribution < -0.4 is 4.74 Å². The molecule has 0 unspecified atom stereocenters. The number of allylic oxidation sites excluding steroid dienone is 1. The standard InChI is InChI=1S/C28H32O5/c1-17-9-11-21-16-24(31-23(21)13-17)22(29)12-10-20-14-18(2)25(19(3)15-20)32-28(7,8)26(30)33-27(4,5)6/h9-16H,1-8H3/b12-10+. The Morgan fingerprint density at radius 1 is 0.909 bits per heavy atom. The van der Waals surface area contributed by atoms with E-state index in [1.165, 1.54) is 6.08 Å². The maximum Gasteiger partial charge on any atom is 0.350 e. The zero-order valence-corrected chi connectivity index (χ0v) is 20.7. The molecule has 0 radical (unpaired) electrons. The normalized spacial score (nSPS) is 12.4. The second-order valence-electron chi connectivity index (χ2n) is 9.95. The minimum Gasteiger partial charge on any atom is -0.476 e. The molecule has 0 fully saturated rings. The molecular weight excluding hydrogens is 416 g/mol. The van der Waals surface area contributed by atoms with E-state index in [1.807, 2.05) is 71.9 Å². The molecule has 1 heterocycles. The van der Waals surface area contributed by atoms with Crippen LogP contribution in [0.2, 0.25) is 0 Å². The first kappa shape index (κ1) is 24.3. The van der Waals surface area contributed by atoms with E-state index in [9.17, 15) is 9.59 Å². The van der Waals surface area contributed by atoms with Crippen LogP contribution in [0.25, 0.3) is 17.0 Å². The van der Waals surface area contributed by atoms with Crippen molar-refractivity contribution in [3.05, 3.63) is 70.5 Å². The number of rotatable bonds is 6. The lowest BCUT2D eigenvalue weighted by Crippen LogP contribution is -2.43. The number of aryl methyl sites for hydroxylation is 3. The Balaban J connectivity index is 1.78. The second-order valence-corrected chi connectivity index (χ2v) is 9.95. The molecule has 33 heavy (non-hydrogen) atoms. The van der Waals surface area contributed by atoms with Gasteiger partial charge in [-0.25, -0.2) is 4.79 Å². The van der Waals surface area contributed by atoms with Gasteiger partial charge in [-0.1, -0.05) is 18.2 Å². The van der Waals surface area contributed by atoms with Crippen molar-refractivity contribution < 1.29 is 23.5 Å². The third-order valence-electron chi connectivity index (χ3n) is 5.08. The summed E-state index contributed by atoms with van der Waals surface area (Å²) in [5.41, 5.74) is 2.61. The van der Waals surface area contributed by atoms with Gasteiger partial charge in [0.2, 0.25) is 5.78 Å². The SMILES string of the molecule is Cc1ccc2cc(C(=O)/C=C/c3cc(C)c(OC(C)(C)C(=O)OC(C)(C)C)c(C)c3)oc2c1. The quantitative estimate of drug-likeness (QED) is 0.237. The number of hydrogen-bond donors (Lipinski definition) is 0. The van der Waals surface area contributed by atoms with Crippen LogP contribution in [0.15, 0.2) is 46.9 Å². The topological polar surface area (TPSA) is 65.7 Å². The Kier molecular flexibility index (Phi) is 6.55. The monoisotopic (exact) mass is 448 g/mol. The van der Waals surface area contributed by atoms with Gasteiger partial charge in [-0.2, -0.15) is 0 Å². The average molecular weight is 449 g/mol. The van der Waals surface area contributed by atoms with E-state index in [0.29, 0.717) is 17.1 Å². The number of ether oxygens (including phenoxy) is 2. The van der Waals surface area contributed by atoms with Crippen molar-refractivity contribution in [2.24, 2.45) is 0 Å². The molecule has 0 spiro atoms. The highest BCUT2D eigenvalue weighted by Gasteiger charge is 2.35. The van der Waals surface area contributed by atoms with Crippen LogP contribution in [-0.4, -0.2) is 23.0 Å². The van der Waals surface area contributed by atoms with Crippen molar-refractivity contribution in [2.75, 3.05) is 0 Å². The van der Waals surface area contributed by atoms with E-state index in [0.717, 1.165) is 27.6 Å². The molecule has 0 atom stereocenters. The van der Waals surface area contributed by atoms with Gasteiger partial charge < -0.3 is 13.9 Å². The van der Waals surface area contributed by atoms with E-state index < -0.39 is 17.2 Å². The third-order valence-corrected chi connectivity index (χ3v) is 5.08. The maximum atomic E-state index is 12.6. The number of ketones is 1. The Hall–Kier alpha value is -3.34. The molecule has 0 saturated heterocycles. The first-order chi connectivity index (χ1) is 15.2. The smallest absolute Gasteiger partial charge is 0.350 e. The molecule has 5 nitrogen and oxygen atoms in total. The lowest BCUT2D eigenvalue weighted by Gasteiger charge is -2.30. The van der Waals surface area contributed by atoms with Crippen LogP contribution >= 0.6 is 0 Å². The fourth-order valence-corrected chi connectivity index (χ4v) is 3.45. The maximum absolute atomic E-state index is 12.6. The third kappa shape index (κ3) is 5.92. The summed E-state index contributed by atoms with van der Waals surface area (Å²) in [4.78, 5) is 25.2. The molecule has 0 amide bonds. The molecule has 2 aromatic carbocycles. The summed E-state index contributed by atoms with van der Waals surface area (Å²) in [7, 11) is 0. The van der Waals surface area contributed by atoms with Crippen LogP contribution in [0.5, 0.6) is 5.75 Å². The molecular formula is C28H32O5. The van der Waals surface area contributed by atoms with Gasteiger partial charge in [-0.05, 0) is 108 Å². The van der Waals surface area contributed by atoms with Gasteiger partial charge in [-0.15, -0.1) is 0 Å². The molecule has 0 bridgehead atoms. The lowest BCUT2D eigenvalue weighted by molar-refractivity contribution is -0.171. The molecule has 1 aromatic heterocycles. The van der Waals surface area contributed by atoms with Crippen molar-refractivity contribution in [1.29, 1.82) is 0 Å². The highest BCUT2D eigenvalue weighted by Crippen LogP contribution is 2.30. The highest BCUT2D eigenvalue weighted by molar-refractivity contribution is 6.07. The Bertz CT molecular complexity index is 1210. The molecule has 0 aliphatic carbocycles. The zero-order chi connectivity index (χ0) is 24.6. The minimum absolute atomic E-state index is 0.203. The summed E-state index contributed by atoms with van der Waals surface area (Å²) in [5, 5.41) is 0.901. The van der Waals surface area contributed by atoms with Gasteiger partial charge in [0.05, 0.1) is 0 Å². The predicted octanol–water partition coefficient (Wildman–Crippen LogP) is 6.75. The Morgan fingerprint density at radius 2 is 1.55 bits per heavy atom. The van der Waals surface area contributed by atoms with E-state index in [1.54, 1.807) is 26.0 Å². The van der Waals surface area contributed by atoms with Crippen LogP contribution in [-0.2, 0) is 9.53 Å². The minimum atomic E-state index is -1.14. The number of carbonyl (C=O) groups excluding carboxylic acids is 2. The number of furan rings is 1. The van der Waals surface area contributed by atoms with Gasteiger partial charge in [0.25, 0.3) is 0 Å². The number of esters is 1. The summed E-state index contributed by atoms with van der Waals surface area (Å²) in [5.74, 6) is 0.302. The second kappa shape index (κ2) is 8.89. The average Bonchev–Trinajstić information content (AvgIpc) is 3.11. The first-order valence-corrected chi connectivity index (χ1v) is 11.0. The number of hydrogen-bond acceptors (Lipinski definition) is 5. The van der Waals surface area contributed by atoms with Gasteiger partial charge in [0, 0.05) is 5.39 Å². The number of fused-ring (bicyclic) bond motifs is 1. The summed E-state index contributed by atoms with van der Waals surface area (Å²) in [6, 6.07) is 11.4. The molecule has 0 N–H and O–H groups in total. The fraction of sp³-hybridized carbons (Fsp3) is 0.357. The van der Waals surface area contributed by atoms with Crippen molar-refractivity contribution >= 4 is 28.8 Å². The summed E-state index contributed by atoms with van der Waals surface area (Å²) >= 11 is 0. The summed E-state index contributed by atoms with van der Waals surface area (Å²) in [6.45, 7) is 14.7. The largest absolute Gasteiger partial charge is 0.476 e. The van der Waals surface area contributed by atoms with E-state index >= 15 is 0 Å². The van der Waals surface area contributed by atoms with Crippen molar-refractivity contribution in [1.82, 2.24) is 0 Å². The zero-order valence-electron chi connectivity index (χ0n) is 20.7.